The van der Waals surface area contributed by atoms with Gasteiger partial charge in [-0.15, -0.1) is 0 Å². The van der Waals surface area contributed by atoms with Crippen LogP contribution in [0.3, 0.4) is 0 Å². The van der Waals surface area contributed by atoms with Crippen molar-refractivity contribution >= 4 is 46.1 Å². The number of methoxy groups -OCH3 is 1. The van der Waals surface area contributed by atoms with Crippen LogP contribution in [-0.4, -0.2) is 25.0 Å². The van der Waals surface area contributed by atoms with E-state index in [1.807, 2.05) is 30.3 Å². The Kier molecular flexibility index (Phi) is 5.40. The summed E-state index contributed by atoms with van der Waals surface area (Å²) in [6.45, 7) is 0. The Bertz CT molecular complexity index is 1380. The second-order valence-electron chi connectivity index (χ2n) is 7.70. The van der Waals surface area contributed by atoms with Crippen molar-refractivity contribution in [3.8, 4) is 5.75 Å². The Hall–Kier alpha value is -4.71. The first kappa shape index (κ1) is 21.2. The molecule has 0 aliphatic carbocycles. The maximum Gasteiger partial charge on any atom is 0.343 e. The molecule has 0 unspecified atom stereocenters. The monoisotopic (exact) mass is 448 g/mol. The van der Waals surface area contributed by atoms with E-state index in [1.165, 1.54) is 13.2 Å². The van der Waals surface area contributed by atoms with E-state index in [1.54, 1.807) is 66.7 Å². The van der Waals surface area contributed by atoms with Crippen LogP contribution in [0.1, 0.15) is 5.56 Å². The third-order valence-electron chi connectivity index (χ3n) is 5.72. The van der Waals surface area contributed by atoms with Crippen LogP contribution in [0.5, 0.6) is 5.75 Å². The molecule has 0 radical (unpaired) electrons. The number of para-hydroxylation sites is 2. The number of rotatable bonds is 4. The number of nitrogens with zero attached hydrogens (tertiary/aromatic N) is 2. The highest BCUT2D eigenvalue weighted by molar-refractivity contribution is 6.46. The Morgan fingerprint density at radius 3 is 1.74 bits per heavy atom. The molecular formula is C28H20N2O4. The van der Waals surface area contributed by atoms with Crippen LogP contribution >= 0.6 is 0 Å². The van der Waals surface area contributed by atoms with Gasteiger partial charge in [0.2, 0.25) is 0 Å². The first-order valence-electron chi connectivity index (χ1n) is 10.7. The molecule has 1 saturated heterocycles. The van der Waals surface area contributed by atoms with Crippen molar-refractivity contribution in [1.82, 2.24) is 0 Å². The third kappa shape index (κ3) is 3.51. The zero-order valence-electron chi connectivity index (χ0n) is 18.3. The van der Waals surface area contributed by atoms with Gasteiger partial charge < -0.3 is 4.74 Å². The lowest BCUT2D eigenvalue weighted by molar-refractivity contribution is -0.121. The highest BCUT2D eigenvalue weighted by Crippen LogP contribution is 2.34. The van der Waals surface area contributed by atoms with E-state index in [-0.39, 0.29) is 5.57 Å². The number of urea groups is 1. The van der Waals surface area contributed by atoms with Crippen LogP contribution in [0, 0.1) is 0 Å². The average molecular weight is 448 g/mol. The average Bonchev–Trinajstić information content (AvgIpc) is 2.88. The summed E-state index contributed by atoms with van der Waals surface area (Å²) in [5.74, 6) is -0.868. The molecule has 166 valence electrons. The van der Waals surface area contributed by atoms with Gasteiger partial charge in [-0.25, -0.2) is 14.6 Å². The topological polar surface area (TPSA) is 66.9 Å². The highest BCUT2D eigenvalue weighted by Gasteiger charge is 2.43. The van der Waals surface area contributed by atoms with Crippen molar-refractivity contribution in [2.75, 3.05) is 16.9 Å². The van der Waals surface area contributed by atoms with E-state index in [0.717, 1.165) is 20.6 Å². The van der Waals surface area contributed by atoms with Gasteiger partial charge in [0.15, 0.2) is 0 Å². The van der Waals surface area contributed by atoms with Crippen LogP contribution in [0.2, 0.25) is 0 Å². The maximum absolute atomic E-state index is 13.6. The van der Waals surface area contributed by atoms with Gasteiger partial charge in [-0.1, -0.05) is 66.7 Å². The van der Waals surface area contributed by atoms with Crippen molar-refractivity contribution in [1.29, 1.82) is 0 Å². The molecule has 6 heteroatoms. The number of amides is 4. The fraction of sp³-hybridized carbons (Fsp3) is 0.0357. The Balaban J connectivity index is 1.74. The number of carbonyl (C=O) groups excluding carboxylic acids is 3. The first-order chi connectivity index (χ1) is 16.6. The number of imide groups is 2. The first-order valence-corrected chi connectivity index (χ1v) is 10.7. The summed E-state index contributed by atoms with van der Waals surface area (Å²) < 4.78 is 5.55. The summed E-state index contributed by atoms with van der Waals surface area (Å²) >= 11 is 0. The van der Waals surface area contributed by atoms with Gasteiger partial charge in [0, 0.05) is 5.56 Å². The molecule has 0 saturated carbocycles. The van der Waals surface area contributed by atoms with E-state index in [2.05, 4.69) is 0 Å². The lowest BCUT2D eigenvalue weighted by Crippen LogP contribution is -2.57. The molecule has 4 aromatic carbocycles. The van der Waals surface area contributed by atoms with E-state index < -0.39 is 17.8 Å². The normalized spacial score (nSPS) is 14.0. The number of ether oxygens (including phenoxy) is 1. The number of benzene rings is 4. The van der Waals surface area contributed by atoms with Crippen LogP contribution < -0.4 is 14.5 Å². The molecular weight excluding hydrogens is 428 g/mol. The van der Waals surface area contributed by atoms with Crippen LogP contribution in [0.15, 0.2) is 103 Å². The molecule has 1 fully saturated rings. The summed E-state index contributed by atoms with van der Waals surface area (Å²) in [7, 11) is 1.53. The molecule has 1 aliphatic heterocycles. The van der Waals surface area contributed by atoms with Crippen molar-refractivity contribution in [3.05, 3.63) is 108 Å². The number of fused-ring (bicyclic) bond motifs is 1. The molecule has 6 nitrogen and oxygen atoms in total. The molecule has 0 spiro atoms. The molecule has 4 amide bonds. The van der Waals surface area contributed by atoms with E-state index >= 15 is 0 Å². The van der Waals surface area contributed by atoms with Gasteiger partial charge in [0.1, 0.15) is 11.3 Å². The van der Waals surface area contributed by atoms with Crippen LogP contribution in [-0.2, 0) is 9.59 Å². The number of anilines is 2. The van der Waals surface area contributed by atoms with Gasteiger partial charge in [0.05, 0.1) is 18.5 Å². The van der Waals surface area contributed by atoms with E-state index in [4.69, 9.17) is 4.74 Å². The maximum atomic E-state index is 13.6. The van der Waals surface area contributed by atoms with Crippen molar-refractivity contribution in [2.24, 2.45) is 0 Å². The van der Waals surface area contributed by atoms with Gasteiger partial charge in [0.25, 0.3) is 11.8 Å². The summed E-state index contributed by atoms with van der Waals surface area (Å²) in [6, 6.07) is 27.8. The molecule has 4 aromatic rings. The summed E-state index contributed by atoms with van der Waals surface area (Å²) in [5, 5.41) is 1.76. The minimum atomic E-state index is -0.727. The number of hydrogen-bond donors (Lipinski definition) is 0. The number of hydrogen-bond acceptors (Lipinski definition) is 4. The summed E-state index contributed by atoms with van der Waals surface area (Å²) in [6.07, 6.45) is 1.52. The minimum Gasteiger partial charge on any atom is -0.496 e. The van der Waals surface area contributed by atoms with E-state index in [0.29, 0.717) is 22.7 Å². The Morgan fingerprint density at radius 2 is 1.18 bits per heavy atom. The van der Waals surface area contributed by atoms with Crippen molar-refractivity contribution in [2.45, 2.75) is 0 Å². The van der Waals surface area contributed by atoms with Crippen molar-refractivity contribution < 1.29 is 19.1 Å². The largest absolute Gasteiger partial charge is 0.496 e. The molecule has 1 aliphatic rings. The predicted molar refractivity (Wildman–Crippen MR) is 132 cm³/mol. The number of carbonyl (C=O) groups is 3. The van der Waals surface area contributed by atoms with Gasteiger partial charge >= 0.3 is 6.03 Å². The standard InChI is InChI=1S/C28H20N2O4/c1-34-25-17-16-19-10-8-9-15-22(19)23(25)18-24-26(31)29(20-11-4-2-5-12-20)28(33)30(27(24)32)21-13-6-3-7-14-21/h2-18H,1H3. The Labute approximate surface area is 196 Å². The fourth-order valence-electron chi connectivity index (χ4n) is 4.09. The smallest absolute Gasteiger partial charge is 0.343 e. The molecule has 1 heterocycles. The minimum absolute atomic E-state index is 0.137. The second kappa shape index (κ2) is 8.67. The molecule has 0 atom stereocenters. The van der Waals surface area contributed by atoms with Gasteiger partial charge in [-0.2, -0.15) is 0 Å². The lowest BCUT2D eigenvalue weighted by Gasteiger charge is -2.34. The summed E-state index contributed by atoms with van der Waals surface area (Å²) in [5.41, 5.74) is 1.21. The van der Waals surface area contributed by atoms with Gasteiger partial charge in [-0.3, -0.25) is 9.59 Å². The van der Waals surface area contributed by atoms with Gasteiger partial charge in [-0.05, 0) is 47.2 Å². The van der Waals surface area contributed by atoms with E-state index in [9.17, 15) is 14.4 Å². The van der Waals surface area contributed by atoms with Crippen LogP contribution in [0.4, 0.5) is 16.2 Å². The zero-order chi connectivity index (χ0) is 23.7. The molecule has 0 aromatic heterocycles. The lowest BCUT2D eigenvalue weighted by atomic mass is 9.99. The molecule has 5 rings (SSSR count). The second-order valence-corrected chi connectivity index (χ2v) is 7.70. The third-order valence-corrected chi connectivity index (χ3v) is 5.72. The Morgan fingerprint density at radius 1 is 0.647 bits per heavy atom. The van der Waals surface area contributed by atoms with Crippen molar-refractivity contribution in [3.63, 3.8) is 0 Å². The fourth-order valence-corrected chi connectivity index (χ4v) is 4.09. The zero-order valence-corrected chi connectivity index (χ0v) is 18.3. The predicted octanol–water partition coefficient (Wildman–Crippen LogP) is 5.43. The highest BCUT2D eigenvalue weighted by atomic mass is 16.5. The number of barbiturate groups is 1. The molecule has 0 N–H and O–H groups in total. The summed E-state index contributed by atoms with van der Waals surface area (Å²) in [4.78, 5) is 42.7. The molecule has 0 bridgehead atoms. The quantitative estimate of drug-likeness (QED) is 0.308. The molecule has 34 heavy (non-hydrogen) atoms. The van der Waals surface area contributed by atoms with Crippen LogP contribution in [0.25, 0.3) is 16.8 Å². The SMILES string of the molecule is COc1ccc2ccccc2c1C=C1C(=O)N(c2ccccc2)C(=O)N(c2ccccc2)C1=O.